The number of aromatic nitrogens is 3. The zero-order valence-electron chi connectivity index (χ0n) is 14.0. The Hall–Kier alpha value is -2.59. The summed E-state index contributed by atoms with van der Waals surface area (Å²) in [4.78, 5) is 12.1. The zero-order chi connectivity index (χ0) is 19.1. The fourth-order valence-electron chi connectivity index (χ4n) is 2.55. The standard InChI is InChI=1S/C16H16F2N4O3S/c1-3-22-16(23)15-7-13(9-21(15)10(2)20-22)26(24,25)19-8-11-4-5-12(17)6-14(11)18/h4-7,9,19H,3,8H2,1-2H3. The van der Waals surface area contributed by atoms with E-state index in [-0.39, 0.29) is 22.5 Å². The maximum Gasteiger partial charge on any atom is 0.291 e. The third-order valence-corrected chi connectivity index (χ3v) is 5.31. The van der Waals surface area contributed by atoms with Crippen LogP contribution in [0.1, 0.15) is 18.3 Å². The number of hydrogen-bond acceptors (Lipinski definition) is 4. The van der Waals surface area contributed by atoms with Gasteiger partial charge in [-0.25, -0.2) is 26.6 Å². The van der Waals surface area contributed by atoms with Crippen molar-refractivity contribution in [2.24, 2.45) is 0 Å². The van der Waals surface area contributed by atoms with Crippen LogP contribution in [-0.2, 0) is 23.1 Å². The molecule has 0 fully saturated rings. The summed E-state index contributed by atoms with van der Waals surface area (Å²) >= 11 is 0. The van der Waals surface area contributed by atoms with Gasteiger partial charge in [0.15, 0.2) is 0 Å². The Labute approximate surface area is 147 Å². The number of rotatable bonds is 5. The van der Waals surface area contributed by atoms with E-state index < -0.39 is 27.2 Å². The Balaban J connectivity index is 1.95. The Morgan fingerprint density at radius 1 is 1.23 bits per heavy atom. The Morgan fingerprint density at radius 3 is 2.62 bits per heavy atom. The maximum absolute atomic E-state index is 13.7. The molecule has 10 heteroatoms. The Kier molecular flexibility index (Phi) is 4.63. The Bertz CT molecular complexity index is 1150. The zero-order valence-corrected chi connectivity index (χ0v) is 14.8. The molecule has 3 rings (SSSR count). The van der Waals surface area contributed by atoms with Gasteiger partial charge in [-0.1, -0.05) is 6.07 Å². The van der Waals surface area contributed by atoms with E-state index in [1.807, 2.05) is 0 Å². The lowest BCUT2D eigenvalue weighted by molar-refractivity contribution is 0.562. The molecule has 2 heterocycles. The molecule has 138 valence electrons. The predicted molar refractivity (Wildman–Crippen MR) is 90.2 cm³/mol. The van der Waals surface area contributed by atoms with E-state index in [2.05, 4.69) is 9.82 Å². The summed E-state index contributed by atoms with van der Waals surface area (Å²) in [5, 5.41) is 4.09. The molecule has 26 heavy (non-hydrogen) atoms. The lowest BCUT2D eigenvalue weighted by Crippen LogP contribution is -2.25. The van der Waals surface area contributed by atoms with Gasteiger partial charge in [-0.3, -0.25) is 9.20 Å². The van der Waals surface area contributed by atoms with Gasteiger partial charge in [0, 0.05) is 30.9 Å². The number of nitrogens with zero attached hydrogens (tertiary/aromatic N) is 3. The monoisotopic (exact) mass is 382 g/mol. The van der Waals surface area contributed by atoms with Gasteiger partial charge in [0.25, 0.3) is 5.56 Å². The quantitative estimate of drug-likeness (QED) is 0.726. The first-order valence-electron chi connectivity index (χ1n) is 7.76. The molecule has 0 aliphatic carbocycles. The van der Waals surface area contributed by atoms with Gasteiger partial charge < -0.3 is 0 Å². The highest BCUT2D eigenvalue weighted by molar-refractivity contribution is 7.89. The second-order valence-corrected chi connectivity index (χ2v) is 7.43. The van der Waals surface area contributed by atoms with Crippen molar-refractivity contribution in [1.29, 1.82) is 0 Å². The molecular weight excluding hydrogens is 366 g/mol. The molecule has 7 nitrogen and oxygen atoms in total. The topological polar surface area (TPSA) is 85.5 Å². The van der Waals surface area contributed by atoms with Crippen LogP contribution in [0.2, 0.25) is 0 Å². The van der Waals surface area contributed by atoms with Gasteiger partial charge >= 0.3 is 0 Å². The minimum Gasteiger partial charge on any atom is -0.298 e. The molecule has 0 unspecified atom stereocenters. The second kappa shape index (κ2) is 6.61. The van der Waals surface area contributed by atoms with Crippen molar-refractivity contribution < 1.29 is 17.2 Å². The van der Waals surface area contributed by atoms with Crippen LogP contribution >= 0.6 is 0 Å². The molecular formula is C16H16F2N4O3S. The van der Waals surface area contributed by atoms with E-state index in [1.165, 1.54) is 21.3 Å². The smallest absolute Gasteiger partial charge is 0.291 e. The van der Waals surface area contributed by atoms with Crippen molar-refractivity contribution in [2.75, 3.05) is 0 Å². The summed E-state index contributed by atoms with van der Waals surface area (Å²) in [6.45, 7) is 3.41. The molecule has 0 radical (unpaired) electrons. The second-order valence-electron chi connectivity index (χ2n) is 5.66. The van der Waals surface area contributed by atoms with Crippen LogP contribution in [-0.4, -0.2) is 22.6 Å². The highest BCUT2D eigenvalue weighted by Crippen LogP contribution is 2.15. The van der Waals surface area contributed by atoms with Crippen molar-refractivity contribution in [3.63, 3.8) is 0 Å². The van der Waals surface area contributed by atoms with Gasteiger partial charge in [0.2, 0.25) is 10.0 Å². The summed E-state index contributed by atoms with van der Waals surface area (Å²) in [5.41, 5.74) is -0.234. The average Bonchev–Trinajstić information content (AvgIpc) is 3.04. The van der Waals surface area contributed by atoms with Crippen LogP contribution < -0.4 is 10.3 Å². The SMILES string of the molecule is CCn1nc(C)n2cc(S(=O)(=O)NCc3ccc(F)cc3F)cc2c1=O. The van der Waals surface area contributed by atoms with E-state index in [4.69, 9.17) is 0 Å². The van der Waals surface area contributed by atoms with Gasteiger partial charge in [0.1, 0.15) is 27.9 Å². The van der Waals surface area contributed by atoms with Crippen LogP contribution in [0.15, 0.2) is 40.2 Å². The van der Waals surface area contributed by atoms with Crippen molar-refractivity contribution in [2.45, 2.75) is 31.8 Å². The first-order valence-corrected chi connectivity index (χ1v) is 9.24. The molecule has 2 aromatic heterocycles. The van der Waals surface area contributed by atoms with Gasteiger partial charge in [-0.05, 0) is 26.0 Å². The number of sulfonamides is 1. The van der Waals surface area contributed by atoms with Crippen LogP contribution in [0, 0.1) is 18.6 Å². The predicted octanol–water partition coefficient (Wildman–Crippen LogP) is 1.58. The van der Waals surface area contributed by atoms with E-state index in [1.54, 1.807) is 13.8 Å². The molecule has 0 aliphatic rings. The van der Waals surface area contributed by atoms with Crippen LogP contribution in [0.25, 0.3) is 5.52 Å². The third kappa shape index (κ3) is 3.25. The van der Waals surface area contributed by atoms with Gasteiger partial charge in [-0.15, -0.1) is 0 Å². The van der Waals surface area contributed by atoms with Crippen molar-refractivity contribution >= 4 is 15.5 Å². The summed E-state index contributed by atoms with van der Waals surface area (Å²) in [6, 6.07) is 4.13. The highest BCUT2D eigenvalue weighted by Gasteiger charge is 2.19. The van der Waals surface area contributed by atoms with Crippen LogP contribution in [0.4, 0.5) is 8.78 Å². The first-order chi connectivity index (χ1) is 12.2. The molecule has 0 saturated carbocycles. The third-order valence-electron chi connectivity index (χ3n) is 3.94. The summed E-state index contributed by atoms with van der Waals surface area (Å²) in [6.07, 6.45) is 1.28. The normalized spacial score (nSPS) is 12.0. The molecule has 0 atom stereocenters. The van der Waals surface area contributed by atoms with Gasteiger partial charge in [0.05, 0.1) is 0 Å². The highest BCUT2D eigenvalue weighted by atomic mass is 32.2. The largest absolute Gasteiger partial charge is 0.298 e. The molecule has 0 bridgehead atoms. The number of halogens is 2. The van der Waals surface area contributed by atoms with E-state index in [0.717, 1.165) is 12.1 Å². The van der Waals surface area contributed by atoms with Gasteiger partial charge in [-0.2, -0.15) is 5.10 Å². The maximum atomic E-state index is 13.7. The number of nitrogens with one attached hydrogen (secondary N) is 1. The van der Waals surface area contributed by atoms with Crippen LogP contribution in [0.3, 0.4) is 0 Å². The fraction of sp³-hybridized carbons (Fsp3) is 0.250. The summed E-state index contributed by atoms with van der Waals surface area (Å²) in [7, 11) is -4.01. The summed E-state index contributed by atoms with van der Waals surface area (Å²) < 4.78 is 56.4. The molecule has 1 N–H and O–H groups in total. The molecule has 0 saturated heterocycles. The number of fused-ring (bicyclic) bond motifs is 1. The Morgan fingerprint density at radius 2 is 1.96 bits per heavy atom. The summed E-state index contributed by atoms with van der Waals surface area (Å²) in [5.74, 6) is -1.14. The lowest BCUT2D eigenvalue weighted by Gasteiger charge is -2.06. The first kappa shape index (κ1) is 18.2. The van der Waals surface area contributed by atoms with Crippen molar-refractivity contribution in [3.8, 4) is 0 Å². The van der Waals surface area contributed by atoms with Crippen molar-refractivity contribution in [1.82, 2.24) is 18.9 Å². The molecule has 0 aliphatic heterocycles. The molecule has 0 amide bonds. The molecule has 1 aromatic carbocycles. The van der Waals surface area contributed by atoms with E-state index in [9.17, 15) is 22.0 Å². The lowest BCUT2D eigenvalue weighted by atomic mass is 10.2. The van der Waals surface area contributed by atoms with Crippen LogP contribution in [0.5, 0.6) is 0 Å². The fourth-order valence-corrected chi connectivity index (χ4v) is 3.58. The average molecular weight is 382 g/mol. The minimum absolute atomic E-state index is 0.00456. The van der Waals surface area contributed by atoms with E-state index >= 15 is 0 Å². The number of aryl methyl sites for hydroxylation is 2. The number of benzene rings is 1. The minimum atomic E-state index is -4.01. The van der Waals surface area contributed by atoms with E-state index in [0.29, 0.717) is 18.4 Å². The molecule has 0 spiro atoms. The number of hydrogen-bond donors (Lipinski definition) is 1. The molecule has 3 aromatic rings. The van der Waals surface area contributed by atoms with Crippen molar-refractivity contribution in [3.05, 3.63) is 63.8 Å².